The van der Waals surface area contributed by atoms with Crippen LogP contribution in [0.5, 0.6) is 0 Å². The molecule has 1 aliphatic heterocycles. The van der Waals surface area contributed by atoms with Crippen LogP contribution in [-0.4, -0.2) is 22.6 Å². The van der Waals surface area contributed by atoms with Crippen LogP contribution in [0.4, 0.5) is 4.39 Å². The highest BCUT2D eigenvalue weighted by atomic mass is 19.1. The molecule has 0 radical (unpaired) electrons. The Morgan fingerprint density at radius 3 is 2.65 bits per heavy atom. The van der Waals surface area contributed by atoms with E-state index in [0.29, 0.717) is 19.0 Å². The number of benzene rings is 1. The first-order chi connectivity index (χ1) is 9.53. The van der Waals surface area contributed by atoms with Gasteiger partial charge in [-0.15, -0.1) is 0 Å². The molecule has 104 valence electrons. The molecule has 0 saturated heterocycles. The van der Waals surface area contributed by atoms with E-state index < -0.39 is 0 Å². The van der Waals surface area contributed by atoms with Gasteiger partial charge in [-0.05, 0) is 43.7 Å². The van der Waals surface area contributed by atoms with Crippen LogP contribution < -0.4 is 0 Å². The van der Waals surface area contributed by atoms with Gasteiger partial charge in [-0.25, -0.2) is 9.38 Å². The van der Waals surface area contributed by atoms with Crippen LogP contribution in [-0.2, 0) is 11.3 Å². The molecule has 2 heterocycles. The number of rotatable bonds is 3. The summed E-state index contributed by atoms with van der Waals surface area (Å²) in [5.74, 6) is 0.467. The van der Waals surface area contributed by atoms with Crippen LogP contribution in [0.3, 0.4) is 0 Å². The van der Waals surface area contributed by atoms with Gasteiger partial charge in [0.1, 0.15) is 18.1 Å². The molecule has 0 aliphatic carbocycles. The van der Waals surface area contributed by atoms with Gasteiger partial charge in [0.05, 0.1) is 5.54 Å². The number of ether oxygens (including phenoxy) is 1. The third-order valence-corrected chi connectivity index (χ3v) is 3.28. The Hall–Kier alpha value is -2.10. The molecule has 1 aromatic heterocycles. The van der Waals surface area contributed by atoms with Gasteiger partial charge < -0.3 is 9.30 Å². The summed E-state index contributed by atoms with van der Waals surface area (Å²) in [4.78, 5) is 4.59. The van der Waals surface area contributed by atoms with Crippen molar-refractivity contribution in [1.82, 2.24) is 4.57 Å². The van der Waals surface area contributed by atoms with E-state index in [0.717, 1.165) is 11.3 Å². The molecule has 1 aromatic carbocycles. The minimum Gasteiger partial charge on any atom is -0.474 e. The molecule has 0 saturated carbocycles. The van der Waals surface area contributed by atoms with E-state index in [-0.39, 0.29) is 11.4 Å². The van der Waals surface area contributed by atoms with Crippen LogP contribution in [0, 0.1) is 5.82 Å². The highest BCUT2D eigenvalue weighted by Crippen LogP contribution is 2.21. The van der Waals surface area contributed by atoms with E-state index in [1.165, 1.54) is 12.1 Å². The maximum atomic E-state index is 12.9. The summed E-state index contributed by atoms with van der Waals surface area (Å²) in [7, 11) is 0. The normalized spacial score (nSPS) is 16.9. The van der Waals surface area contributed by atoms with Crippen LogP contribution in [0.25, 0.3) is 0 Å². The predicted octanol–water partition coefficient (Wildman–Crippen LogP) is 3.23. The Kier molecular flexibility index (Phi) is 3.08. The number of aromatic nitrogens is 1. The average molecular weight is 272 g/mol. The Bertz CT molecular complexity index is 641. The minimum atomic E-state index is -0.216. The lowest BCUT2D eigenvalue weighted by Crippen LogP contribution is -2.17. The van der Waals surface area contributed by atoms with Crippen molar-refractivity contribution in [1.29, 1.82) is 0 Å². The Morgan fingerprint density at radius 2 is 2.00 bits per heavy atom. The van der Waals surface area contributed by atoms with E-state index in [1.54, 1.807) is 12.1 Å². The van der Waals surface area contributed by atoms with Gasteiger partial charge in [0.2, 0.25) is 5.90 Å². The largest absolute Gasteiger partial charge is 0.474 e. The molecule has 20 heavy (non-hydrogen) atoms. The fourth-order valence-corrected chi connectivity index (χ4v) is 2.25. The van der Waals surface area contributed by atoms with Gasteiger partial charge in [-0.3, -0.25) is 0 Å². The topological polar surface area (TPSA) is 26.5 Å². The van der Waals surface area contributed by atoms with Crippen molar-refractivity contribution >= 4 is 5.90 Å². The number of halogens is 1. The van der Waals surface area contributed by atoms with Crippen molar-refractivity contribution < 1.29 is 9.13 Å². The average Bonchev–Trinajstić information content (AvgIpc) is 2.98. The molecule has 0 bridgehead atoms. The summed E-state index contributed by atoms with van der Waals surface area (Å²) in [6.45, 7) is 5.37. The lowest BCUT2D eigenvalue weighted by atomic mass is 10.1. The molecule has 0 spiro atoms. The van der Waals surface area contributed by atoms with Gasteiger partial charge in [0.25, 0.3) is 0 Å². The minimum absolute atomic E-state index is 0.166. The van der Waals surface area contributed by atoms with Crippen LogP contribution in [0.2, 0.25) is 0 Å². The molecule has 3 nitrogen and oxygen atoms in total. The van der Waals surface area contributed by atoms with E-state index in [4.69, 9.17) is 4.74 Å². The molecule has 1 aliphatic rings. The maximum absolute atomic E-state index is 12.9. The second-order valence-electron chi connectivity index (χ2n) is 5.67. The fourth-order valence-electron chi connectivity index (χ4n) is 2.25. The van der Waals surface area contributed by atoms with Crippen molar-refractivity contribution in [3.05, 3.63) is 59.7 Å². The van der Waals surface area contributed by atoms with Crippen molar-refractivity contribution in [2.24, 2.45) is 4.99 Å². The summed E-state index contributed by atoms with van der Waals surface area (Å²) in [5, 5.41) is 0. The molecule has 3 rings (SSSR count). The lowest BCUT2D eigenvalue weighted by molar-refractivity contribution is 0.278. The summed E-state index contributed by atoms with van der Waals surface area (Å²) in [6, 6.07) is 10.5. The molecular weight excluding hydrogens is 255 g/mol. The monoisotopic (exact) mass is 272 g/mol. The second-order valence-corrected chi connectivity index (χ2v) is 5.67. The first kappa shape index (κ1) is 12.9. The van der Waals surface area contributed by atoms with E-state index in [9.17, 15) is 4.39 Å². The quantitative estimate of drug-likeness (QED) is 0.842. The standard InChI is InChI=1S/C16H17FN2O/c1-16(2)11-20-15(18-16)14-4-3-9-19(14)10-12-5-7-13(17)8-6-12/h3-9H,10-11H2,1-2H3. The van der Waals surface area contributed by atoms with Gasteiger partial charge in [-0.1, -0.05) is 12.1 Å². The fraction of sp³-hybridized carbons (Fsp3) is 0.312. The highest BCUT2D eigenvalue weighted by Gasteiger charge is 2.28. The predicted molar refractivity (Wildman–Crippen MR) is 76.5 cm³/mol. The van der Waals surface area contributed by atoms with E-state index in [2.05, 4.69) is 9.56 Å². The molecule has 2 aromatic rings. The zero-order chi connectivity index (χ0) is 14.2. The maximum Gasteiger partial charge on any atom is 0.234 e. The van der Waals surface area contributed by atoms with Gasteiger partial charge in [0.15, 0.2) is 0 Å². The first-order valence-corrected chi connectivity index (χ1v) is 6.66. The summed E-state index contributed by atoms with van der Waals surface area (Å²) in [5.41, 5.74) is 1.84. The highest BCUT2D eigenvalue weighted by molar-refractivity contribution is 5.94. The third kappa shape index (κ3) is 2.59. The van der Waals surface area contributed by atoms with Crippen molar-refractivity contribution in [3.63, 3.8) is 0 Å². The number of nitrogens with zero attached hydrogens (tertiary/aromatic N) is 2. The number of aliphatic imine (C=N–C) groups is 1. The van der Waals surface area contributed by atoms with E-state index in [1.807, 2.05) is 32.2 Å². The Balaban J connectivity index is 1.86. The molecule has 0 unspecified atom stereocenters. The zero-order valence-electron chi connectivity index (χ0n) is 11.6. The summed E-state index contributed by atoms with van der Waals surface area (Å²) in [6.07, 6.45) is 1.98. The second kappa shape index (κ2) is 4.78. The van der Waals surface area contributed by atoms with Crippen LogP contribution in [0.15, 0.2) is 47.6 Å². The lowest BCUT2D eigenvalue weighted by Gasteiger charge is -2.09. The Labute approximate surface area is 117 Å². The SMILES string of the molecule is CC1(C)COC(c2cccn2Cc2ccc(F)cc2)=N1. The molecule has 4 heteroatoms. The van der Waals surface area contributed by atoms with Crippen molar-refractivity contribution in [2.45, 2.75) is 25.9 Å². The molecule has 0 fully saturated rings. The van der Waals surface area contributed by atoms with Crippen molar-refractivity contribution in [2.75, 3.05) is 6.61 Å². The summed E-state index contributed by atoms with van der Waals surface area (Å²) >= 11 is 0. The first-order valence-electron chi connectivity index (χ1n) is 6.66. The van der Waals surface area contributed by atoms with Gasteiger partial charge in [-0.2, -0.15) is 0 Å². The van der Waals surface area contributed by atoms with Crippen LogP contribution >= 0.6 is 0 Å². The molecule has 0 amide bonds. The third-order valence-electron chi connectivity index (χ3n) is 3.28. The Morgan fingerprint density at radius 1 is 1.25 bits per heavy atom. The molecular formula is C16H17FN2O. The van der Waals surface area contributed by atoms with E-state index >= 15 is 0 Å². The number of hydrogen-bond donors (Lipinski definition) is 0. The molecule has 0 atom stereocenters. The zero-order valence-corrected chi connectivity index (χ0v) is 11.6. The van der Waals surface area contributed by atoms with Crippen LogP contribution in [0.1, 0.15) is 25.1 Å². The number of hydrogen-bond acceptors (Lipinski definition) is 2. The molecule has 0 N–H and O–H groups in total. The summed E-state index contributed by atoms with van der Waals surface area (Å²) < 4.78 is 20.7. The van der Waals surface area contributed by atoms with Crippen molar-refractivity contribution in [3.8, 4) is 0 Å². The van der Waals surface area contributed by atoms with Gasteiger partial charge >= 0.3 is 0 Å². The smallest absolute Gasteiger partial charge is 0.234 e. The van der Waals surface area contributed by atoms with Gasteiger partial charge in [0, 0.05) is 12.7 Å².